The number of nitrogens with zero attached hydrogens (tertiary/aromatic N) is 3. The Balaban J connectivity index is 1.48. The van der Waals surface area contributed by atoms with Gasteiger partial charge in [-0.2, -0.15) is 0 Å². The average molecular weight is 533 g/mol. The molecule has 7 heteroatoms. The van der Waals surface area contributed by atoms with Gasteiger partial charge in [-0.1, -0.05) is 72.8 Å². The van der Waals surface area contributed by atoms with Crippen molar-refractivity contribution in [2.75, 3.05) is 25.1 Å². The van der Waals surface area contributed by atoms with Crippen molar-refractivity contribution in [3.63, 3.8) is 0 Å². The molecule has 1 aromatic heterocycles. The quantitative estimate of drug-likeness (QED) is 0.267. The minimum atomic E-state index is -4.16. The maximum Gasteiger partial charge on any atom is 0.737 e. The predicted octanol–water partition coefficient (Wildman–Crippen LogP) is 6.73. The third-order valence-corrected chi connectivity index (χ3v) is 7.65. The first-order valence-electron chi connectivity index (χ1n) is 13.4. The van der Waals surface area contributed by atoms with E-state index in [4.69, 9.17) is 0 Å². The van der Waals surface area contributed by atoms with Crippen LogP contribution in [-0.4, -0.2) is 47.0 Å². The first-order valence-corrected chi connectivity index (χ1v) is 13.4. The first-order chi connectivity index (χ1) is 19.4. The highest BCUT2D eigenvalue weighted by molar-refractivity contribution is 6.59. The van der Waals surface area contributed by atoms with Crippen LogP contribution in [0.3, 0.4) is 0 Å². The average Bonchev–Trinajstić information content (AvgIpc) is 3.52. The minimum absolute atomic E-state index is 0.0730. The predicted molar refractivity (Wildman–Crippen MR) is 161 cm³/mol. The summed E-state index contributed by atoms with van der Waals surface area (Å²) in [5.41, 5.74) is 7.24. The molecule has 0 saturated carbocycles. The van der Waals surface area contributed by atoms with Gasteiger partial charge in [0.2, 0.25) is 0 Å². The number of allylic oxidation sites excluding steroid dienone is 3. The molecule has 2 aliphatic heterocycles. The summed E-state index contributed by atoms with van der Waals surface area (Å²) in [4.78, 5) is 1.96. The number of aromatic nitrogens is 1. The zero-order chi connectivity index (χ0) is 27.9. The van der Waals surface area contributed by atoms with Crippen LogP contribution >= 0.6 is 0 Å². The fraction of sp³-hybridized carbons (Fsp3) is 0.121. The summed E-state index contributed by atoms with van der Waals surface area (Å²) in [5.74, 6) is 0. The van der Waals surface area contributed by atoms with Crippen LogP contribution in [0.5, 0.6) is 0 Å². The Morgan fingerprint density at radius 2 is 1.52 bits per heavy atom. The summed E-state index contributed by atoms with van der Waals surface area (Å²) in [5, 5.41) is 9.20. The standard InChI is InChI=1S/C33H30BF2N3O/c1-24-21-30(26-9-5-3-6-10-26)32-23-33-31(27-11-7-4-8-12-27)22-29(39(33)34(35,36)38(24)32)18-15-25-13-16-28(17-14-25)37(2)19-20-40/h3-18,21-23,40H,19-20H2,1-2H3/b18-15+. The molecule has 0 bridgehead atoms. The molecule has 0 amide bonds. The fourth-order valence-corrected chi connectivity index (χ4v) is 5.66. The number of hydrogen-bond acceptors (Lipinski definition) is 2. The van der Waals surface area contributed by atoms with Crippen LogP contribution in [0.1, 0.15) is 22.5 Å². The molecule has 4 nitrogen and oxygen atoms in total. The van der Waals surface area contributed by atoms with Crippen LogP contribution < -0.4 is 4.90 Å². The molecule has 0 radical (unpaired) electrons. The Hall–Kier alpha value is -4.49. The summed E-state index contributed by atoms with van der Waals surface area (Å²) < 4.78 is 35.6. The summed E-state index contributed by atoms with van der Waals surface area (Å²) in [6.07, 6.45) is 7.40. The topological polar surface area (TPSA) is 31.4 Å². The largest absolute Gasteiger partial charge is 0.737 e. The minimum Gasteiger partial charge on any atom is -0.395 e. The van der Waals surface area contributed by atoms with Crippen LogP contribution in [0.25, 0.3) is 28.9 Å². The Morgan fingerprint density at radius 3 is 2.17 bits per heavy atom. The SMILES string of the molecule is Cc1cc(-c2ccccc2)c2n1[B-](F)(F)[N+]1=C(/C=C/c3ccc(N(C)CCO)cc3)C=C(c3ccccc3)C1=C2. The van der Waals surface area contributed by atoms with Crippen LogP contribution in [0.4, 0.5) is 14.3 Å². The molecule has 3 aromatic carbocycles. The molecule has 40 heavy (non-hydrogen) atoms. The second-order valence-corrected chi connectivity index (χ2v) is 10.2. The summed E-state index contributed by atoms with van der Waals surface area (Å²) >= 11 is 0. The van der Waals surface area contributed by atoms with Crippen molar-refractivity contribution in [1.82, 2.24) is 4.48 Å². The number of benzene rings is 3. The van der Waals surface area contributed by atoms with Crippen molar-refractivity contribution in [3.05, 3.63) is 131 Å². The lowest BCUT2D eigenvalue weighted by molar-refractivity contribution is -0.358. The Labute approximate surface area is 233 Å². The van der Waals surface area contributed by atoms with Gasteiger partial charge in [0.15, 0.2) is 11.4 Å². The molecule has 1 N–H and O–H groups in total. The van der Waals surface area contributed by atoms with E-state index in [0.29, 0.717) is 29.3 Å². The number of aliphatic hydroxyl groups is 1. The van der Waals surface area contributed by atoms with E-state index in [-0.39, 0.29) is 6.61 Å². The molecule has 4 aromatic rings. The number of hydrogen-bond donors (Lipinski definition) is 1. The fourth-order valence-electron chi connectivity index (χ4n) is 5.66. The van der Waals surface area contributed by atoms with E-state index in [9.17, 15) is 5.11 Å². The molecule has 0 atom stereocenters. The molecule has 3 heterocycles. The highest BCUT2D eigenvalue weighted by Gasteiger charge is 2.54. The zero-order valence-electron chi connectivity index (χ0n) is 22.5. The number of fused-ring (bicyclic) bond motifs is 2. The van der Waals surface area contributed by atoms with Crippen molar-refractivity contribution >= 4 is 36.1 Å². The number of aliphatic hydroxyl groups excluding tert-OH is 1. The van der Waals surface area contributed by atoms with E-state index in [2.05, 4.69) is 0 Å². The van der Waals surface area contributed by atoms with Gasteiger partial charge in [-0.05, 0) is 53.6 Å². The van der Waals surface area contributed by atoms with Crippen LogP contribution in [0.15, 0.2) is 109 Å². The van der Waals surface area contributed by atoms with Gasteiger partial charge >= 0.3 is 6.97 Å². The van der Waals surface area contributed by atoms with Crippen molar-refractivity contribution in [3.8, 4) is 11.1 Å². The van der Waals surface area contributed by atoms with Gasteiger partial charge in [-0.3, -0.25) is 0 Å². The van der Waals surface area contributed by atoms with Crippen LogP contribution in [0.2, 0.25) is 0 Å². The van der Waals surface area contributed by atoms with Gasteiger partial charge in [0, 0.05) is 48.8 Å². The lowest BCUT2D eigenvalue weighted by Gasteiger charge is -2.31. The van der Waals surface area contributed by atoms with Crippen molar-refractivity contribution in [2.45, 2.75) is 6.92 Å². The molecule has 0 spiro atoms. The van der Waals surface area contributed by atoms with Gasteiger partial charge < -0.3 is 27.6 Å². The van der Waals surface area contributed by atoms with Gasteiger partial charge in [0.1, 0.15) is 0 Å². The molecular formula is C33H30BF2N3O. The van der Waals surface area contributed by atoms with E-state index < -0.39 is 6.97 Å². The number of likely N-dealkylation sites (N-methyl/N-ethyl adjacent to an activating group) is 1. The lowest BCUT2D eigenvalue weighted by atomic mass is 9.88. The van der Waals surface area contributed by atoms with Crippen LogP contribution in [-0.2, 0) is 0 Å². The Bertz CT molecular complexity index is 1680. The number of anilines is 1. The summed E-state index contributed by atoms with van der Waals surface area (Å²) in [7, 11) is 1.92. The molecule has 0 unspecified atom stereocenters. The Morgan fingerprint density at radius 1 is 0.875 bits per heavy atom. The maximum atomic E-state index is 16.6. The van der Waals surface area contributed by atoms with Crippen LogP contribution in [0, 0.1) is 6.92 Å². The third-order valence-electron chi connectivity index (χ3n) is 7.65. The molecular weight excluding hydrogens is 503 g/mol. The number of aryl methyl sites for hydroxylation is 1. The zero-order valence-corrected chi connectivity index (χ0v) is 22.5. The van der Waals surface area contributed by atoms with E-state index in [1.165, 1.54) is 8.96 Å². The summed E-state index contributed by atoms with van der Waals surface area (Å²) in [6, 6.07) is 29.1. The van der Waals surface area contributed by atoms with E-state index in [1.807, 2.05) is 121 Å². The highest BCUT2D eigenvalue weighted by Crippen LogP contribution is 2.42. The van der Waals surface area contributed by atoms with Gasteiger partial charge in [0.05, 0.1) is 12.2 Å². The molecule has 6 rings (SSSR count). The molecule has 200 valence electrons. The third kappa shape index (κ3) is 4.42. The number of rotatable bonds is 7. The Kier molecular flexibility index (Phi) is 6.60. The van der Waals surface area contributed by atoms with Gasteiger partial charge in [-0.15, -0.1) is 0 Å². The number of halogens is 2. The lowest BCUT2D eigenvalue weighted by Crippen LogP contribution is -2.50. The maximum absolute atomic E-state index is 16.6. The normalized spacial score (nSPS) is 15.6. The van der Waals surface area contributed by atoms with Crippen molar-refractivity contribution < 1.29 is 18.2 Å². The van der Waals surface area contributed by atoms with Crippen molar-refractivity contribution in [2.24, 2.45) is 0 Å². The molecule has 0 fully saturated rings. The smallest absolute Gasteiger partial charge is 0.395 e. The highest BCUT2D eigenvalue weighted by atomic mass is 19.2. The molecule has 0 aliphatic carbocycles. The second-order valence-electron chi connectivity index (χ2n) is 10.2. The first kappa shape index (κ1) is 25.8. The van der Waals surface area contributed by atoms with Gasteiger partial charge in [-0.25, -0.2) is 0 Å². The van der Waals surface area contributed by atoms with Crippen molar-refractivity contribution in [1.29, 1.82) is 0 Å². The molecule has 0 saturated heterocycles. The van der Waals surface area contributed by atoms with E-state index in [1.54, 1.807) is 13.0 Å². The summed E-state index contributed by atoms with van der Waals surface area (Å²) in [6.45, 7) is -1.81. The van der Waals surface area contributed by atoms with E-state index >= 15 is 8.63 Å². The monoisotopic (exact) mass is 533 g/mol. The second kappa shape index (κ2) is 10.2. The molecule has 2 aliphatic rings. The van der Waals surface area contributed by atoms with E-state index in [0.717, 1.165) is 33.5 Å². The van der Waals surface area contributed by atoms with Gasteiger partial charge in [0.25, 0.3) is 0 Å².